The number of aliphatic hydroxyl groups is 1. The van der Waals surface area contributed by atoms with Crippen molar-refractivity contribution >= 4 is 5.78 Å². The summed E-state index contributed by atoms with van der Waals surface area (Å²) < 4.78 is 0. The van der Waals surface area contributed by atoms with Crippen molar-refractivity contribution in [1.82, 2.24) is 0 Å². The minimum atomic E-state index is 0.211. The van der Waals surface area contributed by atoms with Crippen LogP contribution in [0.1, 0.15) is 48.5 Å². The summed E-state index contributed by atoms with van der Waals surface area (Å²) in [7, 11) is 0. The lowest BCUT2D eigenvalue weighted by atomic mass is 9.82. The highest BCUT2D eigenvalue weighted by molar-refractivity contribution is 5.83. The average molecular weight is 216 g/mol. The highest BCUT2D eigenvalue weighted by Gasteiger charge is 2.24. The molecule has 0 aliphatic rings. The van der Waals surface area contributed by atoms with Gasteiger partial charge < -0.3 is 5.11 Å². The number of aliphatic hydroxyl groups excluding tert-OH is 1. The van der Waals surface area contributed by atoms with Crippen LogP contribution < -0.4 is 0 Å². The second kappa shape index (κ2) is 8.90. The standard InChI is InChI=1S/C11H22O.C2H6O/c1-7(2)9(5)11(12)10(6)8(3)4;1-2-3/h7-10H,1-6H3;3H,2H2,1H3. The van der Waals surface area contributed by atoms with Gasteiger partial charge in [0.1, 0.15) is 5.78 Å². The molecule has 0 rings (SSSR count). The molecule has 0 aromatic carbocycles. The van der Waals surface area contributed by atoms with Crippen molar-refractivity contribution in [2.75, 3.05) is 6.61 Å². The molecule has 0 spiro atoms. The van der Waals surface area contributed by atoms with E-state index >= 15 is 0 Å². The number of rotatable bonds is 4. The van der Waals surface area contributed by atoms with Gasteiger partial charge in [0.25, 0.3) is 0 Å². The molecule has 1 N–H and O–H groups in total. The third kappa shape index (κ3) is 7.55. The molecule has 0 saturated carbocycles. The van der Waals surface area contributed by atoms with Crippen LogP contribution in [0.3, 0.4) is 0 Å². The maximum atomic E-state index is 11.7. The second-order valence-electron chi connectivity index (χ2n) is 4.78. The number of ketones is 1. The molecular formula is C13H28O2. The third-order valence-electron chi connectivity index (χ3n) is 2.90. The first kappa shape index (κ1) is 17.0. The minimum Gasteiger partial charge on any atom is -0.397 e. The van der Waals surface area contributed by atoms with Gasteiger partial charge >= 0.3 is 0 Å². The number of hydrogen-bond donors (Lipinski definition) is 1. The maximum Gasteiger partial charge on any atom is 0.138 e. The van der Waals surface area contributed by atoms with E-state index in [1.807, 2.05) is 13.8 Å². The molecule has 15 heavy (non-hydrogen) atoms. The largest absolute Gasteiger partial charge is 0.397 e. The highest BCUT2D eigenvalue weighted by atomic mass is 16.2. The summed E-state index contributed by atoms with van der Waals surface area (Å²) in [4.78, 5) is 11.7. The van der Waals surface area contributed by atoms with Gasteiger partial charge in [-0.3, -0.25) is 4.79 Å². The maximum absolute atomic E-state index is 11.7. The van der Waals surface area contributed by atoms with E-state index in [9.17, 15) is 4.79 Å². The Balaban J connectivity index is 0. The van der Waals surface area contributed by atoms with E-state index < -0.39 is 0 Å². The first-order valence-corrected chi connectivity index (χ1v) is 5.94. The Bertz CT molecular complexity index is 146. The first-order valence-electron chi connectivity index (χ1n) is 5.94. The lowest BCUT2D eigenvalue weighted by Gasteiger charge is -2.21. The van der Waals surface area contributed by atoms with Crippen LogP contribution in [0.25, 0.3) is 0 Å². The van der Waals surface area contributed by atoms with Gasteiger partial charge in [-0.05, 0) is 18.8 Å². The van der Waals surface area contributed by atoms with Gasteiger partial charge in [-0.2, -0.15) is 0 Å². The number of hydrogen-bond acceptors (Lipinski definition) is 2. The molecule has 2 heteroatoms. The molecule has 0 radical (unpaired) electrons. The van der Waals surface area contributed by atoms with E-state index in [2.05, 4.69) is 27.7 Å². The molecule has 0 fully saturated rings. The summed E-state index contributed by atoms with van der Waals surface area (Å²) in [5, 5.41) is 7.57. The molecule has 0 bridgehead atoms. The fourth-order valence-electron chi connectivity index (χ4n) is 1.07. The van der Waals surface area contributed by atoms with Gasteiger partial charge in [-0.25, -0.2) is 0 Å². The number of Topliss-reactive ketones (excluding diaryl/α,β-unsaturated/α-hetero) is 1. The zero-order valence-corrected chi connectivity index (χ0v) is 11.4. The normalized spacial score (nSPS) is 14.5. The topological polar surface area (TPSA) is 37.3 Å². The lowest BCUT2D eigenvalue weighted by molar-refractivity contribution is -0.128. The van der Waals surface area contributed by atoms with Crippen molar-refractivity contribution < 1.29 is 9.90 Å². The summed E-state index contributed by atoms with van der Waals surface area (Å²) in [6, 6.07) is 0. The predicted molar refractivity (Wildman–Crippen MR) is 65.8 cm³/mol. The molecule has 0 saturated heterocycles. The van der Waals surface area contributed by atoms with Crippen LogP contribution >= 0.6 is 0 Å². The Hall–Kier alpha value is -0.370. The Kier molecular flexibility index (Phi) is 10.1. The molecular weight excluding hydrogens is 188 g/mol. The molecule has 2 atom stereocenters. The zero-order chi connectivity index (χ0) is 12.6. The monoisotopic (exact) mass is 216 g/mol. The molecule has 0 aliphatic carbocycles. The van der Waals surface area contributed by atoms with Crippen molar-refractivity contribution in [2.45, 2.75) is 48.5 Å². The average Bonchev–Trinajstić information content (AvgIpc) is 2.15. The van der Waals surface area contributed by atoms with Crippen LogP contribution in [0.4, 0.5) is 0 Å². The SMILES string of the molecule is CC(C)C(C)C(=O)C(C)C(C)C.CCO. The summed E-state index contributed by atoms with van der Waals surface area (Å²) in [5.41, 5.74) is 0. The van der Waals surface area contributed by atoms with Crippen LogP contribution in [0.5, 0.6) is 0 Å². The highest BCUT2D eigenvalue weighted by Crippen LogP contribution is 2.20. The molecule has 0 aromatic heterocycles. The lowest BCUT2D eigenvalue weighted by Crippen LogP contribution is -2.26. The molecule has 2 nitrogen and oxygen atoms in total. The number of carbonyl (C=O) groups excluding carboxylic acids is 1. The van der Waals surface area contributed by atoms with E-state index in [1.54, 1.807) is 6.92 Å². The van der Waals surface area contributed by atoms with E-state index in [0.29, 0.717) is 17.6 Å². The third-order valence-corrected chi connectivity index (χ3v) is 2.90. The van der Waals surface area contributed by atoms with E-state index in [4.69, 9.17) is 5.11 Å². The molecule has 2 unspecified atom stereocenters. The van der Waals surface area contributed by atoms with Crippen molar-refractivity contribution in [1.29, 1.82) is 0 Å². The van der Waals surface area contributed by atoms with Gasteiger partial charge in [0.15, 0.2) is 0 Å². The minimum absolute atomic E-state index is 0.211. The summed E-state index contributed by atoms with van der Waals surface area (Å²) in [6.07, 6.45) is 0. The fraction of sp³-hybridized carbons (Fsp3) is 0.923. The predicted octanol–water partition coefficient (Wildman–Crippen LogP) is 3.14. The van der Waals surface area contributed by atoms with E-state index in [1.165, 1.54) is 0 Å². The van der Waals surface area contributed by atoms with Crippen molar-refractivity contribution in [3.63, 3.8) is 0 Å². The Morgan fingerprint density at radius 3 is 1.27 bits per heavy atom. The fourth-order valence-corrected chi connectivity index (χ4v) is 1.07. The van der Waals surface area contributed by atoms with Crippen LogP contribution in [0.2, 0.25) is 0 Å². The molecule has 0 aliphatic heterocycles. The first-order chi connectivity index (χ1) is 6.79. The summed E-state index contributed by atoms with van der Waals surface area (Å²) in [5.74, 6) is 1.78. The zero-order valence-electron chi connectivity index (χ0n) is 11.4. The Morgan fingerprint density at radius 2 is 1.13 bits per heavy atom. The quantitative estimate of drug-likeness (QED) is 0.784. The van der Waals surface area contributed by atoms with Crippen molar-refractivity contribution in [2.24, 2.45) is 23.7 Å². The van der Waals surface area contributed by atoms with Crippen molar-refractivity contribution in [3.8, 4) is 0 Å². The molecule has 0 heterocycles. The Labute approximate surface area is 95.1 Å². The van der Waals surface area contributed by atoms with Gasteiger partial charge in [0.2, 0.25) is 0 Å². The van der Waals surface area contributed by atoms with Crippen molar-refractivity contribution in [3.05, 3.63) is 0 Å². The molecule has 92 valence electrons. The van der Waals surface area contributed by atoms with Gasteiger partial charge in [-0.1, -0.05) is 41.5 Å². The Morgan fingerprint density at radius 1 is 0.933 bits per heavy atom. The summed E-state index contributed by atoms with van der Waals surface area (Å²) in [6.45, 7) is 14.4. The van der Waals surface area contributed by atoms with Gasteiger partial charge in [0.05, 0.1) is 0 Å². The second-order valence-corrected chi connectivity index (χ2v) is 4.78. The van der Waals surface area contributed by atoms with Crippen LogP contribution in [-0.4, -0.2) is 17.5 Å². The summed E-state index contributed by atoms with van der Waals surface area (Å²) >= 11 is 0. The molecule has 0 aromatic rings. The van der Waals surface area contributed by atoms with Crippen LogP contribution in [0.15, 0.2) is 0 Å². The van der Waals surface area contributed by atoms with Gasteiger partial charge in [-0.15, -0.1) is 0 Å². The number of carbonyl (C=O) groups is 1. The van der Waals surface area contributed by atoms with E-state index in [0.717, 1.165) is 0 Å². The van der Waals surface area contributed by atoms with Crippen LogP contribution in [-0.2, 0) is 4.79 Å². The van der Waals surface area contributed by atoms with E-state index in [-0.39, 0.29) is 18.4 Å². The molecule has 0 amide bonds. The smallest absolute Gasteiger partial charge is 0.138 e. The van der Waals surface area contributed by atoms with Gasteiger partial charge in [0, 0.05) is 18.4 Å². The van der Waals surface area contributed by atoms with Crippen LogP contribution in [0, 0.1) is 23.7 Å².